The van der Waals surface area contributed by atoms with Crippen molar-refractivity contribution >= 4 is 5.82 Å². The summed E-state index contributed by atoms with van der Waals surface area (Å²) in [5.41, 5.74) is 4.75. The Kier molecular flexibility index (Phi) is 0.768. The summed E-state index contributed by atoms with van der Waals surface area (Å²) in [6.45, 7) is 0. The van der Waals surface area contributed by atoms with Crippen LogP contribution in [0.4, 0.5) is 5.82 Å². The van der Waals surface area contributed by atoms with Gasteiger partial charge in [-0.1, -0.05) is 0 Å². The standard InChI is InChI=1S/C3H6N4O/c4-2-1-6-3(8)7(2)5/h1H,4-5H2,(H,6,8). The fourth-order valence-corrected chi connectivity index (χ4v) is 0.392. The van der Waals surface area contributed by atoms with E-state index in [0.29, 0.717) is 0 Å². The molecule has 0 atom stereocenters. The van der Waals surface area contributed by atoms with Gasteiger partial charge in [-0.3, -0.25) is 0 Å². The van der Waals surface area contributed by atoms with Gasteiger partial charge >= 0.3 is 5.69 Å². The Morgan fingerprint density at radius 3 is 2.50 bits per heavy atom. The lowest BCUT2D eigenvalue weighted by Gasteiger charge is -1.87. The Hall–Kier alpha value is -1.39. The fourth-order valence-electron chi connectivity index (χ4n) is 0.392. The third kappa shape index (κ3) is 0.446. The Morgan fingerprint density at radius 1 is 1.75 bits per heavy atom. The molecule has 0 aliphatic heterocycles. The molecule has 0 unspecified atom stereocenters. The molecule has 5 nitrogen and oxygen atoms in total. The quantitative estimate of drug-likeness (QED) is 0.357. The van der Waals surface area contributed by atoms with E-state index >= 15 is 0 Å². The first-order valence-electron chi connectivity index (χ1n) is 2.03. The second kappa shape index (κ2) is 1.29. The van der Waals surface area contributed by atoms with Gasteiger partial charge in [0, 0.05) is 6.20 Å². The van der Waals surface area contributed by atoms with E-state index < -0.39 is 5.69 Å². The van der Waals surface area contributed by atoms with Crippen molar-refractivity contribution in [3.05, 3.63) is 16.7 Å². The van der Waals surface area contributed by atoms with Crippen molar-refractivity contribution in [2.75, 3.05) is 11.6 Å². The minimum Gasteiger partial charge on any atom is -0.382 e. The molecule has 0 spiro atoms. The van der Waals surface area contributed by atoms with Crippen LogP contribution in [-0.4, -0.2) is 9.66 Å². The Morgan fingerprint density at radius 2 is 2.38 bits per heavy atom. The summed E-state index contributed by atoms with van der Waals surface area (Å²) in [4.78, 5) is 12.6. The molecular weight excluding hydrogens is 108 g/mol. The Balaban J connectivity index is 3.41. The highest BCUT2D eigenvalue weighted by atomic mass is 16.1. The molecule has 0 aromatic carbocycles. The van der Waals surface area contributed by atoms with Crippen molar-refractivity contribution in [2.45, 2.75) is 0 Å². The molecule has 5 heteroatoms. The summed E-state index contributed by atoms with van der Waals surface area (Å²) in [6.07, 6.45) is 1.34. The van der Waals surface area contributed by atoms with E-state index in [4.69, 9.17) is 11.6 Å². The molecule has 1 aromatic rings. The highest BCUT2D eigenvalue weighted by Gasteiger charge is 1.92. The molecule has 0 amide bonds. The third-order valence-electron chi connectivity index (χ3n) is 0.840. The van der Waals surface area contributed by atoms with E-state index in [1.54, 1.807) is 0 Å². The molecule has 0 saturated carbocycles. The number of nitrogen functional groups attached to an aromatic ring is 2. The van der Waals surface area contributed by atoms with Crippen LogP contribution in [0.2, 0.25) is 0 Å². The lowest BCUT2D eigenvalue weighted by atomic mass is 10.8. The number of nitrogens with two attached hydrogens (primary N) is 2. The van der Waals surface area contributed by atoms with Crippen LogP contribution in [0.25, 0.3) is 0 Å². The summed E-state index contributed by atoms with van der Waals surface area (Å²) < 4.78 is 0.833. The molecule has 0 aliphatic carbocycles. The Labute approximate surface area is 44.9 Å². The number of H-pyrrole nitrogens is 1. The monoisotopic (exact) mass is 114 g/mol. The number of nitrogens with zero attached hydrogens (tertiary/aromatic N) is 1. The van der Waals surface area contributed by atoms with Crippen LogP contribution in [0.5, 0.6) is 0 Å². The second-order valence-electron chi connectivity index (χ2n) is 1.39. The first-order chi connectivity index (χ1) is 3.72. The van der Waals surface area contributed by atoms with Crippen LogP contribution in [-0.2, 0) is 0 Å². The Bertz CT molecular complexity index is 234. The molecule has 1 rings (SSSR count). The number of nitrogens with one attached hydrogen (secondary N) is 1. The normalized spacial score (nSPS) is 9.50. The van der Waals surface area contributed by atoms with Crippen LogP contribution >= 0.6 is 0 Å². The van der Waals surface area contributed by atoms with E-state index in [1.165, 1.54) is 6.20 Å². The molecule has 0 radical (unpaired) electrons. The van der Waals surface area contributed by atoms with Crippen molar-refractivity contribution in [3.63, 3.8) is 0 Å². The van der Waals surface area contributed by atoms with Crippen LogP contribution in [0, 0.1) is 0 Å². The van der Waals surface area contributed by atoms with Gasteiger partial charge in [0.2, 0.25) is 0 Å². The van der Waals surface area contributed by atoms with Crippen LogP contribution in [0.1, 0.15) is 0 Å². The van der Waals surface area contributed by atoms with Crippen molar-refractivity contribution in [2.24, 2.45) is 0 Å². The molecule has 0 bridgehead atoms. The smallest absolute Gasteiger partial charge is 0.345 e. The molecule has 0 aliphatic rings. The average molecular weight is 114 g/mol. The molecule has 0 fully saturated rings. The minimum atomic E-state index is -0.400. The molecule has 1 heterocycles. The second-order valence-corrected chi connectivity index (χ2v) is 1.39. The van der Waals surface area contributed by atoms with E-state index in [9.17, 15) is 4.79 Å². The lowest BCUT2D eigenvalue weighted by Crippen LogP contribution is -2.25. The summed E-state index contributed by atoms with van der Waals surface area (Å²) in [5.74, 6) is 5.28. The molecule has 1 aromatic heterocycles. The van der Waals surface area contributed by atoms with Gasteiger partial charge in [-0.25, -0.2) is 4.79 Å². The largest absolute Gasteiger partial charge is 0.382 e. The number of aromatic nitrogens is 2. The number of anilines is 1. The molecule has 0 saturated heterocycles. The number of aromatic amines is 1. The highest BCUT2D eigenvalue weighted by Crippen LogP contribution is 1.85. The van der Waals surface area contributed by atoms with E-state index in [2.05, 4.69) is 4.98 Å². The van der Waals surface area contributed by atoms with Crippen molar-refractivity contribution in [1.82, 2.24) is 9.66 Å². The SMILES string of the molecule is Nc1c[nH]c(=O)n1N. The van der Waals surface area contributed by atoms with Crippen molar-refractivity contribution < 1.29 is 0 Å². The van der Waals surface area contributed by atoms with Gasteiger partial charge in [0.25, 0.3) is 0 Å². The van der Waals surface area contributed by atoms with E-state index in [1.807, 2.05) is 0 Å². The predicted octanol–water partition coefficient (Wildman–Crippen LogP) is -1.53. The highest BCUT2D eigenvalue weighted by molar-refractivity contribution is 5.24. The zero-order valence-electron chi connectivity index (χ0n) is 4.09. The number of hydrogen-bond acceptors (Lipinski definition) is 3. The topological polar surface area (TPSA) is 89.8 Å². The number of rotatable bonds is 0. The molecular formula is C3H6N4O. The van der Waals surface area contributed by atoms with Gasteiger partial charge in [-0.05, 0) is 0 Å². The van der Waals surface area contributed by atoms with Gasteiger partial charge in [0.1, 0.15) is 5.82 Å². The van der Waals surface area contributed by atoms with Gasteiger partial charge in [-0.15, -0.1) is 0 Å². The third-order valence-corrected chi connectivity index (χ3v) is 0.840. The zero-order chi connectivity index (χ0) is 6.15. The lowest BCUT2D eigenvalue weighted by molar-refractivity contribution is 0.946. The zero-order valence-corrected chi connectivity index (χ0v) is 4.09. The van der Waals surface area contributed by atoms with Gasteiger partial charge < -0.3 is 16.6 Å². The van der Waals surface area contributed by atoms with Crippen molar-refractivity contribution in [3.8, 4) is 0 Å². The average Bonchev–Trinajstić information content (AvgIpc) is 1.98. The van der Waals surface area contributed by atoms with Gasteiger partial charge in [0.05, 0.1) is 0 Å². The van der Waals surface area contributed by atoms with Gasteiger partial charge in [0.15, 0.2) is 0 Å². The van der Waals surface area contributed by atoms with Gasteiger partial charge in [-0.2, -0.15) is 4.68 Å². The number of hydrogen-bond donors (Lipinski definition) is 3. The summed E-state index contributed by atoms with van der Waals surface area (Å²) in [6, 6.07) is 0. The fraction of sp³-hybridized carbons (Fsp3) is 0. The molecule has 44 valence electrons. The van der Waals surface area contributed by atoms with E-state index in [0.717, 1.165) is 4.68 Å². The van der Waals surface area contributed by atoms with Crippen LogP contribution in [0.3, 0.4) is 0 Å². The first-order valence-corrected chi connectivity index (χ1v) is 2.03. The maximum Gasteiger partial charge on any atom is 0.345 e. The van der Waals surface area contributed by atoms with Crippen LogP contribution in [0.15, 0.2) is 11.0 Å². The molecule has 8 heavy (non-hydrogen) atoms. The number of imidazole rings is 1. The summed E-state index contributed by atoms with van der Waals surface area (Å²) in [7, 11) is 0. The maximum absolute atomic E-state index is 10.3. The minimum absolute atomic E-state index is 0.231. The van der Waals surface area contributed by atoms with Crippen LogP contribution < -0.4 is 17.3 Å². The predicted molar refractivity (Wildman–Crippen MR) is 29.6 cm³/mol. The summed E-state index contributed by atoms with van der Waals surface area (Å²) in [5, 5.41) is 0. The molecule has 5 N–H and O–H groups in total. The first kappa shape index (κ1) is 4.76. The van der Waals surface area contributed by atoms with Crippen molar-refractivity contribution in [1.29, 1.82) is 0 Å². The maximum atomic E-state index is 10.3. The van der Waals surface area contributed by atoms with E-state index in [-0.39, 0.29) is 5.82 Å². The summed E-state index contributed by atoms with van der Waals surface area (Å²) >= 11 is 0.